The Morgan fingerprint density at radius 3 is 2.59 bits per heavy atom. The fourth-order valence-electron chi connectivity index (χ4n) is 2.07. The van der Waals surface area contributed by atoms with Crippen LogP contribution in [-0.4, -0.2) is 20.9 Å². The zero-order chi connectivity index (χ0) is 15.5. The van der Waals surface area contributed by atoms with Gasteiger partial charge in [0.05, 0.1) is 17.6 Å². The van der Waals surface area contributed by atoms with Crippen molar-refractivity contribution < 1.29 is 9.18 Å². The summed E-state index contributed by atoms with van der Waals surface area (Å²) < 4.78 is 14.8. The topological polar surface area (TPSA) is 59.8 Å². The van der Waals surface area contributed by atoms with E-state index in [0.717, 1.165) is 11.4 Å². The Hall–Kier alpha value is -3.02. The maximum absolute atomic E-state index is 13.1. The van der Waals surface area contributed by atoms with Crippen LogP contribution in [0.4, 0.5) is 10.1 Å². The van der Waals surface area contributed by atoms with Crippen molar-refractivity contribution in [2.75, 3.05) is 5.32 Å². The first-order valence-electron chi connectivity index (χ1n) is 6.68. The number of nitrogens with zero attached hydrogens (tertiary/aromatic N) is 3. The van der Waals surface area contributed by atoms with Gasteiger partial charge in [-0.1, -0.05) is 11.3 Å². The van der Waals surface area contributed by atoms with Crippen LogP contribution in [0.15, 0.2) is 54.7 Å². The van der Waals surface area contributed by atoms with Gasteiger partial charge < -0.3 is 5.32 Å². The van der Waals surface area contributed by atoms with Crippen LogP contribution < -0.4 is 5.32 Å². The molecule has 0 saturated heterocycles. The standard InChI is InChI=1S/C16H13FN4O/c1-11-10-18-20-21(11)15-7-5-12(6-8-15)16(22)19-14-4-2-3-13(17)9-14/h2-10H,1H3,(H,19,22). The van der Waals surface area contributed by atoms with E-state index in [4.69, 9.17) is 0 Å². The number of aryl methyl sites for hydroxylation is 1. The van der Waals surface area contributed by atoms with Gasteiger partial charge in [-0.15, -0.1) is 5.10 Å². The Morgan fingerprint density at radius 2 is 1.95 bits per heavy atom. The molecule has 1 amide bonds. The molecular formula is C16H13FN4O. The van der Waals surface area contributed by atoms with Gasteiger partial charge in [0.1, 0.15) is 5.82 Å². The zero-order valence-electron chi connectivity index (χ0n) is 11.8. The van der Waals surface area contributed by atoms with E-state index >= 15 is 0 Å². The van der Waals surface area contributed by atoms with Gasteiger partial charge in [0, 0.05) is 11.3 Å². The van der Waals surface area contributed by atoms with Crippen molar-refractivity contribution >= 4 is 11.6 Å². The molecule has 1 heterocycles. The highest BCUT2D eigenvalue weighted by Crippen LogP contribution is 2.14. The zero-order valence-corrected chi connectivity index (χ0v) is 11.8. The van der Waals surface area contributed by atoms with Crippen molar-refractivity contribution in [3.63, 3.8) is 0 Å². The molecule has 0 aliphatic carbocycles. The summed E-state index contributed by atoms with van der Waals surface area (Å²) in [6, 6.07) is 12.7. The lowest BCUT2D eigenvalue weighted by Gasteiger charge is -2.07. The summed E-state index contributed by atoms with van der Waals surface area (Å²) in [5, 5.41) is 10.4. The first-order chi connectivity index (χ1) is 10.6. The van der Waals surface area contributed by atoms with Gasteiger partial charge in [0.2, 0.25) is 0 Å². The van der Waals surface area contributed by atoms with Gasteiger partial charge in [0.15, 0.2) is 0 Å². The van der Waals surface area contributed by atoms with Gasteiger partial charge in [-0.3, -0.25) is 4.79 Å². The third kappa shape index (κ3) is 2.85. The SMILES string of the molecule is Cc1cnnn1-c1ccc(C(=O)Nc2cccc(F)c2)cc1. The Balaban J connectivity index is 1.78. The molecule has 0 atom stereocenters. The first-order valence-corrected chi connectivity index (χ1v) is 6.68. The van der Waals surface area contributed by atoms with Crippen LogP contribution in [0.1, 0.15) is 16.1 Å². The van der Waals surface area contributed by atoms with Crippen molar-refractivity contribution in [1.82, 2.24) is 15.0 Å². The number of carbonyl (C=O) groups excluding carboxylic acids is 1. The Bertz CT molecular complexity index is 811. The maximum Gasteiger partial charge on any atom is 0.255 e. The Kier molecular flexibility index (Phi) is 3.65. The summed E-state index contributed by atoms with van der Waals surface area (Å²) in [5.74, 6) is -0.692. The third-order valence-corrected chi connectivity index (χ3v) is 3.18. The van der Waals surface area contributed by atoms with Crippen LogP contribution >= 0.6 is 0 Å². The molecule has 0 spiro atoms. The van der Waals surface area contributed by atoms with Crippen molar-refractivity contribution in [2.24, 2.45) is 0 Å². The lowest BCUT2D eigenvalue weighted by Crippen LogP contribution is -2.12. The molecule has 1 N–H and O–H groups in total. The normalized spacial score (nSPS) is 10.5. The molecule has 22 heavy (non-hydrogen) atoms. The minimum atomic E-state index is -0.394. The van der Waals surface area contributed by atoms with E-state index in [1.54, 1.807) is 47.3 Å². The van der Waals surface area contributed by atoms with Crippen molar-refractivity contribution in [3.8, 4) is 5.69 Å². The Morgan fingerprint density at radius 1 is 1.18 bits per heavy atom. The number of amides is 1. The number of hydrogen-bond donors (Lipinski definition) is 1. The highest BCUT2D eigenvalue weighted by Gasteiger charge is 2.08. The number of nitrogens with one attached hydrogen (secondary N) is 1. The molecular weight excluding hydrogens is 283 g/mol. The third-order valence-electron chi connectivity index (χ3n) is 3.18. The van der Waals surface area contributed by atoms with Crippen LogP contribution in [-0.2, 0) is 0 Å². The average Bonchev–Trinajstić information content (AvgIpc) is 2.93. The van der Waals surface area contributed by atoms with Crippen LogP contribution in [0, 0.1) is 12.7 Å². The fraction of sp³-hybridized carbons (Fsp3) is 0.0625. The molecule has 0 radical (unpaired) electrons. The minimum Gasteiger partial charge on any atom is -0.322 e. The molecule has 110 valence electrons. The van der Waals surface area contributed by atoms with Crippen LogP contribution in [0.25, 0.3) is 5.69 Å². The van der Waals surface area contributed by atoms with Gasteiger partial charge in [-0.05, 0) is 49.4 Å². The largest absolute Gasteiger partial charge is 0.322 e. The highest BCUT2D eigenvalue weighted by atomic mass is 19.1. The number of benzene rings is 2. The van der Waals surface area contributed by atoms with E-state index in [2.05, 4.69) is 15.6 Å². The number of anilines is 1. The smallest absolute Gasteiger partial charge is 0.255 e. The second-order valence-electron chi connectivity index (χ2n) is 4.80. The van der Waals surface area contributed by atoms with E-state index in [0.29, 0.717) is 11.3 Å². The van der Waals surface area contributed by atoms with Crippen LogP contribution in [0.2, 0.25) is 0 Å². The van der Waals surface area contributed by atoms with Gasteiger partial charge in [0.25, 0.3) is 5.91 Å². The number of rotatable bonds is 3. The molecule has 3 aromatic rings. The molecule has 0 bridgehead atoms. The second kappa shape index (κ2) is 5.77. The lowest BCUT2D eigenvalue weighted by atomic mass is 10.2. The summed E-state index contributed by atoms with van der Waals surface area (Å²) in [4.78, 5) is 12.1. The predicted molar refractivity (Wildman–Crippen MR) is 80.4 cm³/mol. The summed E-state index contributed by atoms with van der Waals surface area (Å²) in [6.07, 6.45) is 1.66. The molecule has 0 aliphatic heterocycles. The Labute approximate surface area is 126 Å². The van der Waals surface area contributed by atoms with Crippen molar-refractivity contribution in [1.29, 1.82) is 0 Å². The predicted octanol–water partition coefficient (Wildman–Crippen LogP) is 2.97. The summed E-state index contributed by atoms with van der Waals surface area (Å²) in [7, 11) is 0. The van der Waals surface area contributed by atoms with Crippen molar-refractivity contribution in [2.45, 2.75) is 6.92 Å². The van der Waals surface area contributed by atoms with Gasteiger partial charge in [-0.2, -0.15) is 0 Å². The van der Waals surface area contributed by atoms with E-state index in [9.17, 15) is 9.18 Å². The molecule has 0 fully saturated rings. The molecule has 0 saturated carbocycles. The fourth-order valence-corrected chi connectivity index (χ4v) is 2.07. The second-order valence-corrected chi connectivity index (χ2v) is 4.80. The number of carbonyl (C=O) groups is 1. The quantitative estimate of drug-likeness (QED) is 0.808. The van der Waals surface area contributed by atoms with E-state index in [-0.39, 0.29) is 5.91 Å². The molecule has 0 aliphatic rings. The van der Waals surface area contributed by atoms with E-state index in [1.165, 1.54) is 12.1 Å². The number of halogens is 1. The molecule has 3 rings (SSSR count). The van der Waals surface area contributed by atoms with Crippen molar-refractivity contribution in [3.05, 3.63) is 71.8 Å². The average molecular weight is 296 g/mol. The first kappa shape index (κ1) is 13.9. The van der Waals surface area contributed by atoms with E-state index in [1.807, 2.05) is 6.92 Å². The summed E-state index contributed by atoms with van der Waals surface area (Å²) in [6.45, 7) is 1.89. The van der Waals surface area contributed by atoms with Gasteiger partial charge in [-0.25, -0.2) is 9.07 Å². The van der Waals surface area contributed by atoms with E-state index < -0.39 is 5.82 Å². The molecule has 5 nitrogen and oxygen atoms in total. The van der Waals surface area contributed by atoms with Crippen LogP contribution in [0.5, 0.6) is 0 Å². The number of aromatic nitrogens is 3. The number of hydrogen-bond acceptors (Lipinski definition) is 3. The summed E-state index contributed by atoms with van der Waals surface area (Å²) in [5.41, 5.74) is 2.61. The lowest BCUT2D eigenvalue weighted by molar-refractivity contribution is 0.102. The molecule has 2 aromatic carbocycles. The molecule has 0 unspecified atom stereocenters. The van der Waals surface area contributed by atoms with Crippen LogP contribution in [0.3, 0.4) is 0 Å². The maximum atomic E-state index is 13.1. The molecule has 6 heteroatoms. The molecule has 1 aromatic heterocycles. The van der Waals surface area contributed by atoms with Gasteiger partial charge >= 0.3 is 0 Å². The minimum absolute atomic E-state index is 0.299. The highest BCUT2D eigenvalue weighted by molar-refractivity contribution is 6.04. The monoisotopic (exact) mass is 296 g/mol. The summed E-state index contributed by atoms with van der Waals surface area (Å²) >= 11 is 0.